The normalized spacial score (nSPS) is 15.0. The molecule has 1 saturated heterocycles. The molecule has 1 heterocycles. The predicted molar refractivity (Wildman–Crippen MR) is 89.6 cm³/mol. The minimum atomic E-state index is 0.262. The number of anilines is 1. The molecular formula is C17H27N3O2. The van der Waals surface area contributed by atoms with Gasteiger partial charge in [-0.1, -0.05) is 6.92 Å². The van der Waals surface area contributed by atoms with Crippen LogP contribution in [0.1, 0.15) is 19.8 Å². The summed E-state index contributed by atoms with van der Waals surface area (Å²) in [7, 11) is 1.68. The highest BCUT2D eigenvalue weighted by atomic mass is 16.5. The number of hydrogen-bond donors (Lipinski definition) is 1. The van der Waals surface area contributed by atoms with E-state index in [1.54, 1.807) is 7.11 Å². The molecule has 0 atom stereocenters. The summed E-state index contributed by atoms with van der Waals surface area (Å²) in [5, 5.41) is 3.28. The molecule has 1 N–H and O–H groups in total. The third kappa shape index (κ3) is 4.63. The van der Waals surface area contributed by atoms with E-state index in [0.29, 0.717) is 6.42 Å². The number of rotatable bonds is 7. The van der Waals surface area contributed by atoms with Crippen LogP contribution in [0.5, 0.6) is 5.75 Å². The fraction of sp³-hybridized carbons (Fsp3) is 0.588. The summed E-state index contributed by atoms with van der Waals surface area (Å²) in [6, 6.07) is 8.11. The van der Waals surface area contributed by atoms with Crippen molar-refractivity contribution in [2.45, 2.75) is 19.8 Å². The number of methoxy groups -OCH3 is 1. The van der Waals surface area contributed by atoms with Gasteiger partial charge in [-0.3, -0.25) is 4.79 Å². The number of amides is 1. The molecule has 1 aliphatic rings. The standard InChI is InChI=1S/C17H27N3O2/c1-3-9-18-10-8-17(21)20-13-11-19(12-14-20)15-4-6-16(22-2)7-5-15/h4-7,18H,3,8-14H2,1-2H3. The summed E-state index contributed by atoms with van der Waals surface area (Å²) >= 11 is 0. The zero-order chi connectivity index (χ0) is 15.8. The summed E-state index contributed by atoms with van der Waals surface area (Å²) in [5.41, 5.74) is 1.19. The highest BCUT2D eigenvalue weighted by Gasteiger charge is 2.20. The van der Waals surface area contributed by atoms with E-state index in [2.05, 4.69) is 29.3 Å². The van der Waals surface area contributed by atoms with Gasteiger partial charge in [-0.2, -0.15) is 0 Å². The molecule has 1 aromatic rings. The molecule has 0 aromatic heterocycles. The number of nitrogens with zero attached hydrogens (tertiary/aromatic N) is 2. The van der Waals surface area contributed by atoms with Crippen LogP contribution in [0.15, 0.2) is 24.3 Å². The van der Waals surface area contributed by atoms with Crippen molar-refractivity contribution in [2.24, 2.45) is 0 Å². The number of carbonyl (C=O) groups excluding carboxylic acids is 1. The van der Waals surface area contributed by atoms with Crippen LogP contribution in [0, 0.1) is 0 Å². The van der Waals surface area contributed by atoms with Crippen molar-refractivity contribution in [2.75, 3.05) is 51.3 Å². The maximum atomic E-state index is 12.1. The van der Waals surface area contributed by atoms with Crippen LogP contribution in [0.4, 0.5) is 5.69 Å². The Balaban J connectivity index is 1.75. The zero-order valence-corrected chi connectivity index (χ0v) is 13.7. The molecule has 0 aliphatic carbocycles. The highest BCUT2D eigenvalue weighted by molar-refractivity contribution is 5.76. The largest absolute Gasteiger partial charge is 0.497 e. The summed E-state index contributed by atoms with van der Waals surface area (Å²) in [4.78, 5) is 16.4. The van der Waals surface area contributed by atoms with Gasteiger partial charge in [0.25, 0.3) is 0 Å². The minimum Gasteiger partial charge on any atom is -0.497 e. The molecule has 1 amide bonds. The minimum absolute atomic E-state index is 0.262. The van der Waals surface area contributed by atoms with Gasteiger partial charge in [0.1, 0.15) is 5.75 Å². The Morgan fingerprint density at radius 3 is 2.41 bits per heavy atom. The van der Waals surface area contributed by atoms with Crippen LogP contribution in [0.25, 0.3) is 0 Å². The molecule has 0 bridgehead atoms. The molecule has 1 aliphatic heterocycles. The first-order valence-electron chi connectivity index (χ1n) is 8.12. The van der Waals surface area contributed by atoms with E-state index in [1.165, 1.54) is 5.69 Å². The SMILES string of the molecule is CCCNCCC(=O)N1CCN(c2ccc(OC)cc2)CC1. The monoisotopic (exact) mass is 305 g/mol. The van der Waals surface area contributed by atoms with Gasteiger partial charge in [-0.25, -0.2) is 0 Å². The number of benzene rings is 1. The van der Waals surface area contributed by atoms with Gasteiger partial charge in [-0.15, -0.1) is 0 Å². The molecule has 122 valence electrons. The molecule has 0 saturated carbocycles. The first kappa shape index (κ1) is 16.6. The van der Waals surface area contributed by atoms with E-state index in [0.717, 1.165) is 51.4 Å². The van der Waals surface area contributed by atoms with Crippen molar-refractivity contribution in [3.63, 3.8) is 0 Å². The summed E-state index contributed by atoms with van der Waals surface area (Å²) in [5.74, 6) is 1.13. The molecule has 1 aromatic carbocycles. The van der Waals surface area contributed by atoms with Crippen LogP contribution in [0.2, 0.25) is 0 Å². The number of ether oxygens (including phenoxy) is 1. The van der Waals surface area contributed by atoms with E-state index in [1.807, 2.05) is 17.0 Å². The first-order chi connectivity index (χ1) is 10.7. The third-order valence-electron chi connectivity index (χ3n) is 4.01. The van der Waals surface area contributed by atoms with Crippen LogP contribution < -0.4 is 15.0 Å². The summed E-state index contributed by atoms with van der Waals surface area (Å²) < 4.78 is 5.18. The highest BCUT2D eigenvalue weighted by Crippen LogP contribution is 2.20. The van der Waals surface area contributed by atoms with Crippen molar-refractivity contribution < 1.29 is 9.53 Å². The fourth-order valence-corrected chi connectivity index (χ4v) is 2.66. The Hall–Kier alpha value is -1.75. The van der Waals surface area contributed by atoms with Gasteiger partial charge in [0.15, 0.2) is 0 Å². The molecule has 0 radical (unpaired) electrons. The van der Waals surface area contributed by atoms with E-state index in [-0.39, 0.29) is 5.91 Å². The van der Waals surface area contributed by atoms with Gasteiger partial charge in [-0.05, 0) is 37.2 Å². The summed E-state index contributed by atoms with van der Waals surface area (Å²) in [6.45, 7) is 7.29. The van der Waals surface area contributed by atoms with Crippen LogP contribution in [-0.2, 0) is 4.79 Å². The lowest BCUT2D eigenvalue weighted by molar-refractivity contribution is -0.131. The Bertz CT molecular complexity index is 453. The van der Waals surface area contributed by atoms with Gasteiger partial charge < -0.3 is 19.9 Å². The smallest absolute Gasteiger partial charge is 0.223 e. The Morgan fingerprint density at radius 2 is 1.82 bits per heavy atom. The number of carbonyl (C=O) groups is 1. The maximum absolute atomic E-state index is 12.1. The van der Waals surface area contributed by atoms with Crippen molar-refractivity contribution in [3.8, 4) is 5.75 Å². The number of nitrogens with one attached hydrogen (secondary N) is 1. The molecule has 1 fully saturated rings. The second-order valence-corrected chi connectivity index (χ2v) is 5.57. The van der Waals surface area contributed by atoms with Gasteiger partial charge >= 0.3 is 0 Å². The average Bonchev–Trinajstić information content (AvgIpc) is 2.59. The molecule has 2 rings (SSSR count). The summed E-state index contributed by atoms with van der Waals surface area (Å²) in [6.07, 6.45) is 1.71. The zero-order valence-electron chi connectivity index (χ0n) is 13.7. The lowest BCUT2D eigenvalue weighted by Crippen LogP contribution is -2.49. The van der Waals surface area contributed by atoms with Crippen LogP contribution >= 0.6 is 0 Å². The van der Waals surface area contributed by atoms with Crippen LogP contribution in [0.3, 0.4) is 0 Å². The van der Waals surface area contributed by atoms with E-state index < -0.39 is 0 Å². The molecule has 5 nitrogen and oxygen atoms in total. The van der Waals surface area contributed by atoms with E-state index >= 15 is 0 Å². The van der Waals surface area contributed by atoms with E-state index in [9.17, 15) is 4.79 Å². The molecule has 22 heavy (non-hydrogen) atoms. The lowest BCUT2D eigenvalue weighted by Gasteiger charge is -2.36. The molecule has 0 unspecified atom stereocenters. The Kier molecular flexibility index (Phi) is 6.52. The molecule has 5 heteroatoms. The quantitative estimate of drug-likeness (QED) is 0.779. The van der Waals surface area contributed by atoms with Gasteiger partial charge in [0.05, 0.1) is 7.11 Å². The second-order valence-electron chi connectivity index (χ2n) is 5.57. The topological polar surface area (TPSA) is 44.8 Å². The first-order valence-corrected chi connectivity index (χ1v) is 8.12. The van der Waals surface area contributed by atoms with Gasteiger partial charge in [0, 0.05) is 44.8 Å². The third-order valence-corrected chi connectivity index (χ3v) is 4.01. The van der Waals surface area contributed by atoms with Crippen molar-refractivity contribution in [1.29, 1.82) is 0 Å². The fourth-order valence-electron chi connectivity index (χ4n) is 2.66. The lowest BCUT2D eigenvalue weighted by atomic mass is 10.2. The predicted octanol–water partition coefficient (Wildman–Crippen LogP) is 1.73. The second kappa shape index (κ2) is 8.63. The Labute approximate surface area is 133 Å². The molecular weight excluding hydrogens is 278 g/mol. The maximum Gasteiger partial charge on any atom is 0.223 e. The number of hydrogen-bond acceptors (Lipinski definition) is 4. The Morgan fingerprint density at radius 1 is 1.14 bits per heavy atom. The van der Waals surface area contributed by atoms with Crippen LogP contribution in [-0.4, -0.2) is 57.2 Å². The van der Waals surface area contributed by atoms with Crippen molar-refractivity contribution >= 4 is 11.6 Å². The average molecular weight is 305 g/mol. The van der Waals surface area contributed by atoms with Gasteiger partial charge in [0.2, 0.25) is 5.91 Å². The molecule has 0 spiro atoms. The van der Waals surface area contributed by atoms with Crippen molar-refractivity contribution in [1.82, 2.24) is 10.2 Å². The van der Waals surface area contributed by atoms with Crippen molar-refractivity contribution in [3.05, 3.63) is 24.3 Å². The number of piperazine rings is 1. The van der Waals surface area contributed by atoms with E-state index in [4.69, 9.17) is 4.74 Å².